The van der Waals surface area contributed by atoms with Crippen molar-refractivity contribution in [1.82, 2.24) is 5.32 Å². The standard InChI is InChI=1S/C19H29NO5/c1-5-24-18(22)14-23-13-16(11-15-9-7-6-8-10-15)20-12-17(21)25-19(2,3)4/h6-10,16,20H,5,11-14H2,1-4H3. The Morgan fingerprint density at radius 1 is 1.12 bits per heavy atom. The molecule has 0 aliphatic heterocycles. The molecule has 1 rings (SSSR count). The number of nitrogens with one attached hydrogen (secondary N) is 1. The van der Waals surface area contributed by atoms with Gasteiger partial charge in [0.1, 0.15) is 12.2 Å². The average molecular weight is 351 g/mol. The summed E-state index contributed by atoms with van der Waals surface area (Å²) in [4.78, 5) is 23.2. The maximum atomic E-state index is 11.9. The predicted molar refractivity (Wildman–Crippen MR) is 95.2 cm³/mol. The second-order valence-corrected chi connectivity index (χ2v) is 6.67. The Morgan fingerprint density at radius 3 is 2.40 bits per heavy atom. The fourth-order valence-electron chi connectivity index (χ4n) is 2.18. The van der Waals surface area contributed by atoms with Gasteiger partial charge in [0.05, 0.1) is 19.8 Å². The number of benzene rings is 1. The van der Waals surface area contributed by atoms with Crippen molar-refractivity contribution in [2.75, 3.05) is 26.4 Å². The highest BCUT2D eigenvalue weighted by atomic mass is 16.6. The van der Waals surface area contributed by atoms with Crippen molar-refractivity contribution in [3.8, 4) is 0 Å². The van der Waals surface area contributed by atoms with E-state index in [2.05, 4.69) is 5.32 Å². The van der Waals surface area contributed by atoms with E-state index in [1.807, 2.05) is 51.1 Å². The third-order valence-electron chi connectivity index (χ3n) is 3.12. The SMILES string of the molecule is CCOC(=O)COCC(Cc1ccccc1)NCC(=O)OC(C)(C)C. The van der Waals surface area contributed by atoms with Crippen LogP contribution in [0, 0.1) is 0 Å². The van der Waals surface area contributed by atoms with Gasteiger partial charge in [0.25, 0.3) is 0 Å². The fraction of sp³-hybridized carbons (Fsp3) is 0.579. The van der Waals surface area contributed by atoms with Gasteiger partial charge in [-0.05, 0) is 39.7 Å². The second kappa shape index (κ2) is 10.8. The van der Waals surface area contributed by atoms with Crippen LogP contribution in [0.5, 0.6) is 0 Å². The summed E-state index contributed by atoms with van der Waals surface area (Å²) in [5.74, 6) is -0.718. The first-order chi connectivity index (χ1) is 11.8. The molecule has 6 heteroatoms. The minimum atomic E-state index is -0.520. The molecule has 0 fully saturated rings. The Labute approximate surface area is 149 Å². The number of carbonyl (C=O) groups excluding carboxylic acids is 2. The van der Waals surface area contributed by atoms with Crippen LogP contribution in [-0.2, 0) is 30.2 Å². The summed E-state index contributed by atoms with van der Waals surface area (Å²) in [7, 11) is 0. The third kappa shape index (κ3) is 10.5. The second-order valence-electron chi connectivity index (χ2n) is 6.67. The fourth-order valence-corrected chi connectivity index (χ4v) is 2.18. The van der Waals surface area contributed by atoms with Crippen LogP contribution in [0.25, 0.3) is 0 Å². The molecule has 1 aromatic rings. The maximum Gasteiger partial charge on any atom is 0.332 e. The maximum absolute atomic E-state index is 11.9. The molecule has 6 nitrogen and oxygen atoms in total. The van der Waals surface area contributed by atoms with Crippen molar-refractivity contribution in [1.29, 1.82) is 0 Å². The lowest BCUT2D eigenvalue weighted by molar-refractivity contribution is -0.154. The molecule has 1 N–H and O–H groups in total. The molecule has 0 radical (unpaired) electrons. The van der Waals surface area contributed by atoms with Gasteiger partial charge in [0.2, 0.25) is 0 Å². The molecule has 0 amide bonds. The highest BCUT2D eigenvalue weighted by Crippen LogP contribution is 2.07. The minimum Gasteiger partial charge on any atom is -0.464 e. The molecule has 0 spiro atoms. The zero-order valence-electron chi connectivity index (χ0n) is 15.5. The molecule has 0 heterocycles. The molecule has 0 aliphatic carbocycles. The molecule has 0 aliphatic rings. The van der Waals surface area contributed by atoms with Crippen molar-refractivity contribution >= 4 is 11.9 Å². The molecular formula is C19H29NO5. The lowest BCUT2D eigenvalue weighted by Crippen LogP contribution is -2.41. The normalized spacial score (nSPS) is 12.5. The Hall–Kier alpha value is -1.92. The van der Waals surface area contributed by atoms with Gasteiger partial charge in [0.15, 0.2) is 0 Å². The van der Waals surface area contributed by atoms with Gasteiger partial charge >= 0.3 is 11.9 Å². The van der Waals surface area contributed by atoms with Crippen molar-refractivity contribution in [2.24, 2.45) is 0 Å². The number of carbonyl (C=O) groups is 2. The summed E-state index contributed by atoms with van der Waals surface area (Å²) in [5.41, 5.74) is 0.595. The number of hydrogen-bond donors (Lipinski definition) is 1. The summed E-state index contributed by atoms with van der Waals surface area (Å²) in [6.45, 7) is 7.82. The highest BCUT2D eigenvalue weighted by Gasteiger charge is 2.18. The van der Waals surface area contributed by atoms with E-state index in [4.69, 9.17) is 14.2 Å². The van der Waals surface area contributed by atoms with Crippen LogP contribution >= 0.6 is 0 Å². The van der Waals surface area contributed by atoms with Crippen LogP contribution in [-0.4, -0.2) is 49.9 Å². The number of rotatable bonds is 10. The van der Waals surface area contributed by atoms with E-state index >= 15 is 0 Å². The largest absolute Gasteiger partial charge is 0.464 e. The first kappa shape index (κ1) is 21.1. The van der Waals surface area contributed by atoms with Crippen LogP contribution in [0.4, 0.5) is 0 Å². The van der Waals surface area contributed by atoms with Gasteiger partial charge in [-0.1, -0.05) is 30.3 Å². The van der Waals surface area contributed by atoms with Crippen LogP contribution < -0.4 is 5.32 Å². The van der Waals surface area contributed by atoms with E-state index < -0.39 is 11.6 Å². The summed E-state index contributed by atoms with van der Waals surface area (Å²) < 4.78 is 15.6. The van der Waals surface area contributed by atoms with E-state index in [1.54, 1.807) is 6.92 Å². The summed E-state index contributed by atoms with van der Waals surface area (Å²) in [6.07, 6.45) is 0.673. The monoisotopic (exact) mass is 351 g/mol. The van der Waals surface area contributed by atoms with Crippen molar-refractivity contribution in [2.45, 2.75) is 45.8 Å². The minimum absolute atomic E-state index is 0.0809. The molecule has 0 saturated carbocycles. The van der Waals surface area contributed by atoms with Gasteiger partial charge in [0, 0.05) is 6.04 Å². The van der Waals surface area contributed by atoms with Gasteiger partial charge in [-0.15, -0.1) is 0 Å². The average Bonchev–Trinajstić information content (AvgIpc) is 2.52. The van der Waals surface area contributed by atoms with Crippen molar-refractivity contribution in [3.63, 3.8) is 0 Å². The van der Waals surface area contributed by atoms with Gasteiger partial charge in [-0.2, -0.15) is 0 Å². The Kier molecular flexibility index (Phi) is 9.16. The summed E-state index contributed by atoms with van der Waals surface area (Å²) in [5, 5.41) is 3.14. The van der Waals surface area contributed by atoms with Gasteiger partial charge in [-0.25, -0.2) is 4.79 Å². The summed E-state index contributed by atoms with van der Waals surface area (Å²) in [6, 6.07) is 9.76. The smallest absolute Gasteiger partial charge is 0.332 e. The van der Waals surface area contributed by atoms with Crippen LogP contribution in [0.3, 0.4) is 0 Å². The molecule has 1 atom stereocenters. The van der Waals surface area contributed by atoms with Crippen LogP contribution in [0.1, 0.15) is 33.3 Å². The van der Waals surface area contributed by atoms with Crippen LogP contribution in [0.2, 0.25) is 0 Å². The quantitative estimate of drug-likeness (QED) is 0.651. The Bertz CT molecular complexity index is 524. The molecule has 1 unspecified atom stereocenters. The topological polar surface area (TPSA) is 73.9 Å². The molecule has 0 bridgehead atoms. The van der Waals surface area contributed by atoms with E-state index in [0.29, 0.717) is 13.0 Å². The number of ether oxygens (including phenoxy) is 3. The lowest BCUT2D eigenvalue weighted by atomic mass is 10.1. The predicted octanol–water partition coefficient (Wildman–Crippen LogP) is 2.11. The first-order valence-corrected chi connectivity index (χ1v) is 8.52. The van der Waals surface area contributed by atoms with E-state index in [0.717, 1.165) is 5.56 Å². The van der Waals surface area contributed by atoms with E-state index in [-0.39, 0.29) is 31.8 Å². The van der Waals surface area contributed by atoms with Crippen molar-refractivity contribution in [3.05, 3.63) is 35.9 Å². The molecule has 0 saturated heterocycles. The zero-order chi connectivity index (χ0) is 18.7. The van der Waals surface area contributed by atoms with Gasteiger partial charge < -0.3 is 19.5 Å². The van der Waals surface area contributed by atoms with Gasteiger partial charge in [-0.3, -0.25) is 4.79 Å². The first-order valence-electron chi connectivity index (χ1n) is 8.52. The van der Waals surface area contributed by atoms with E-state index in [1.165, 1.54) is 0 Å². The number of hydrogen-bond acceptors (Lipinski definition) is 6. The highest BCUT2D eigenvalue weighted by molar-refractivity contribution is 5.72. The molecule has 25 heavy (non-hydrogen) atoms. The molecule has 140 valence electrons. The third-order valence-corrected chi connectivity index (χ3v) is 3.12. The molecular weight excluding hydrogens is 322 g/mol. The lowest BCUT2D eigenvalue weighted by Gasteiger charge is -2.22. The summed E-state index contributed by atoms with van der Waals surface area (Å²) >= 11 is 0. The Balaban J connectivity index is 2.52. The zero-order valence-corrected chi connectivity index (χ0v) is 15.5. The molecule has 0 aromatic heterocycles. The van der Waals surface area contributed by atoms with Crippen LogP contribution in [0.15, 0.2) is 30.3 Å². The Morgan fingerprint density at radius 2 is 1.80 bits per heavy atom. The van der Waals surface area contributed by atoms with E-state index in [9.17, 15) is 9.59 Å². The molecule has 1 aromatic carbocycles. The van der Waals surface area contributed by atoms with Crippen molar-refractivity contribution < 1.29 is 23.8 Å². The number of esters is 2.